The van der Waals surface area contributed by atoms with Crippen molar-refractivity contribution in [2.45, 2.75) is 0 Å². The Morgan fingerprint density at radius 2 is 1.71 bits per heavy atom. The van der Waals surface area contributed by atoms with Crippen LogP contribution in [0.25, 0.3) is 0 Å². The van der Waals surface area contributed by atoms with E-state index < -0.39 is 7.59 Å². The van der Waals surface area contributed by atoms with Crippen molar-refractivity contribution < 1.29 is 4.57 Å². The van der Waals surface area contributed by atoms with E-state index in [1.165, 1.54) is 14.1 Å². The molecule has 0 aromatic heterocycles. The maximum atomic E-state index is 10.5. The highest BCUT2D eigenvalue weighted by atomic mass is 31.2. The molecule has 0 rings (SSSR count). The Labute approximate surface area is 43.0 Å². The third kappa shape index (κ3) is 2.76. The molecule has 5 heteroatoms. The zero-order chi connectivity index (χ0) is 5.91. The molecule has 0 aliphatic carbocycles. The SMILES string of the molecule is CNP(N)(=O)NC. The van der Waals surface area contributed by atoms with Crippen LogP contribution in [0.3, 0.4) is 0 Å². The smallest absolute Gasteiger partial charge is 0.271 e. The van der Waals surface area contributed by atoms with Crippen LogP contribution in [0.4, 0.5) is 0 Å². The molecular weight excluding hydrogens is 113 g/mol. The van der Waals surface area contributed by atoms with Crippen molar-refractivity contribution in [1.29, 1.82) is 0 Å². The van der Waals surface area contributed by atoms with E-state index in [-0.39, 0.29) is 0 Å². The van der Waals surface area contributed by atoms with Gasteiger partial charge in [-0.05, 0) is 14.1 Å². The fraction of sp³-hybridized carbons (Fsp3) is 1.00. The summed E-state index contributed by atoms with van der Waals surface area (Å²) < 4.78 is 10.5. The van der Waals surface area contributed by atoms with Crippen molar-refractivity contribution in [1.82, 2.24) is 10.2 Å². The number of nitrogens with two attached hydrogens (primary N) is 1. The minimum absolute atomic E-state index is 1.54. The fourth-order valence-corrected chi connectivity index (χ4v) is 0.335. The molecule has 0 radical (unpaired) electrons. The zero-order valence-corrected chi connectivity index (χ0v) is 5.33. The van der Waals surface area contributed by atoms with E-state index in [0.717, 1.165) is 0 Å². The predicted octanol–water partition coefficient (Wildman–Crippen LogP) is -0.508. The summed E-state index contributed by atoms with van der Waals surface area (Å²) in [6, 6.07) is 0. The summed E-state index contributed by atoms with van der Waals surface area (Å²) >= 11 is 0. The van der Waals surface area contributed by atoms with Crippen LogP contribution in [0.2, 0.25) is 0 Å². The first kappa shape index (κ1) is 7.11. The lowest BCUT2D eigenvalue weighted by Crippen LogP contribution is -2.21. The highest BCUT2D eigenvalue weighted by molar-refractivity contribution is 7.57. The molecule has 0 saturated heterocycles. The second-order valence-corrected chi connectivity index (χ2v) is 3.32. The van der Waals surface area contributed by atoms with Crippen LogP contribution in [0.5, 0.6) is 0 Å². The van der Waals surface area contributed by atoms with Crippen molar-refractivity contribution in [2.75, 3.05) is 14.1 Å². The Balaban J connectivity index is 3.61. The average molecular weight is 123 g/mol. The molecule has 0 spiro atoms. The maximum Gasteiger partial charge on any atom is 0.275 e. The van der Waals surface area contributed by atoms with Crippen molar-refractivity contribution in [3.63, 3.8) is 0 Å². The Bertz CT molecular complexity index is 84.9. The Kier molecular flexibility index (Phi) is 2.46. The molecule has 4 N–H and O–H groups in total. The van der Waals surface area contributed by atoms with Gasteiger partial charge in [-0.15, -0.1) is 0 Å². The van der Waals surface area contributed by atoms with Crippen molar-refractivity contribution in [3.05, 3.63) is 0 Å². The van der Waals surface area contributed by atoms with Gasteiger partial charge in [0.05, 0.1) is 0 Å². The Morgan fingerprint density at radius 1 is 1.43 bits per heavy atom. The van der Waals surface area contributed by atoms with E-state index in [1.54, 1.807) is 0 Å². The maximum absolute atomic E-state index is 10.5. The molecule has 0 unspecified atom stereocenters. The normalized spacial score (nSPS) is 11.9. The first-order chi connectivity index (χ1) is 3.12. The monoisotopic (exact) mass is 123 g/mol. The number of hydrogen-bond acceptors (Lipinski definition) is 1. The molecule has 0 aliphatic heterocycles. The van der Waals surface area contributed by atoms with Crippen LogP contribution in [-0.2, 0) is 4.57 Å². The molecule has 7 heavy (non-hydrogen) atoms. The van der Waals surface area contributed by atoms with E-state index in [1.807, 2.05) is 0 Å². The second-order valence-electron chi connectivity index (χ2n) is 1.11. The molecule has 0 saturated carbocycles. The summed E-state index contributed by atoms with van der Waals surface area (Å²) in [6.45, 7) is 0. The molecule has 0 bridgehead atoms. The summed E-state index contributed by atoms with van der Waals surface area (Å²) in [6.07, 6.45) is 0. The van der Waals surface area contributed by atoms with Crippen LogP contribution >= 0.6 is 7.59 Å². The van der Waals surface area contributed by atoms with Crippen molar-refractivity contribution in [2.24, 2.45) is 5.50 Å². The van der Waals surface area contributed by atoms with Crippen LogP contribution in [0.15, 0.2) is 0 Å². The van der Waals surface area contributed by atoms with E-state index in [2.05, 4.69) is 10.2 Å². The van der Waals surface area contributed by atoms with Gasteiger partial charge in [0.1, 0.15) is 0 Å². The molecule has 0 fully saturated rings. The van der Waals surface area contributed by atoms with E-state index in [0.29, 0.717) is 0 Å². The van der Waals surface area contributed by atoms with Crippen molar-refractivity contribution >= 4 is 7.59 Å². The fourth-order valence-electron chi connectivity index (χ4n) is 0.112. The summed E-state index contributed by atoms with van der Waals surface area (Å²) in [7, 11) is 0.424. The molecular formula is C2H10N3OP. The summed E-state index contributed by atoms with van der Waals surface area (Å²) in [5.74, 6) is 0. The Morgan fingerprint density at radius 3 is 1.71 bits per heavy atom. The zero-order valence-electron chi connectivity index (χ0n) is 4.43. The topological polar surface area (TPSA) is 67.1 Å². The molecule has 44 valence electrons. The van der Waals surface area contributed by atoms with Gasteiger partial charge in [0.15, 0.2) is 0 Å². The summed E-state index contributed by atoms with van der Waals surface area (Å²) in [5, 5.41) is 4.83. The van der Waals surface area contributed by atoms with E-state index >= 15 is 0 Å². The molecule has 0 aromatic rings. The quantitative estimate of drug-likeness (QED) is 0.433. The van der Waals surface area contributed by atoms with Gasteiger partial charge in [-0.2, -0.15) is 0 Å². The van der Waals surface area contributed by atoms with Gasteiger partial charge in [-0.1, -0.05) is 0 Å². The van der Waals surface area contributed by atoms with Crippen molar-refractivity contribution in [3.8, 4) is 0 Å². The molecule has 0 atom stereocenters. The average Bonchev–Trinajstić information content (AvgIpc) is 1.68. The van der Waals surface area contributed by atoms with Gasteiger partial charge >= 0.3 is 0 Å². The third-order valence-corrected chi connectivity index (χ3v) is 1.99. The largest absolute Gasteiger partial charge is 0.275 e. The molecule has 0 aliphatic rings. The number of nitrogens with one attached hydrogen (secondary N) is 2. The third-order valence-electron chi connectivity index (χ3n) is 0.664. The number of hydrogen-bond donors (Lipinski definition) is 3. The lowest BCUT2D eigenvalue weighted by molar-refractivity contribution is 0.563. The van der Waals surface area contributed by atoms with Gasteiger partial charge in [0, 0.05) is 0 Å². The summed E-state index contributed by atoms with van der Waals surface area (Å²) in [4.78, 5) is 0. The lowest BCUT2D eigenvalue weighted by atomic mass is 11.6. The molecule has 0 aromatic carbocycles. The molecule has 0 amide bonds. The molecule has 4 nitrogen and oxygen atoms in total. The van der Waals surface area contributed by atoms with Crippen LogP contribution < -0.4 is 15.7 Å². The van der Waals surface area contributed by atoms with Gasteiger partial charge in [-0.3, -0.25) is 10.1 Å². The highest BCUT2D eigenvalue weighted by Crippen LogP contribution is 2.20. The first-order valence-electron chi connectivity index (χ1n) is 1.89. The molecule has 0 heterocycles. The van der Waals surface area contributed by atoms with Crippen LogP contribution in [0, 0.1) is 0 Å². The lowest BCUT2D eigenvalue weighted by Gasteiger charge is -2.06. The van der Waals surface area contributed by atoms with Crippen LogP contribution in [-0.4, -0.2) is 14.1 Å². The standard InChI is InChI=1S/C2H10N3OP/c1-4-7(3,6)5-2/h1-2H3,(H4,3,4,5,6). The van der Waals surface area contributed by atoms with Gasteiger partial charge in [0.25, 0.3) is 7.59 Å². The second kappa shape index (κ2) is 2.43. The number of rotatable bonds is 2. The predicted molar refractivity (Wildman–Crippen MR) is 29.9 cm³/mol. The minimum Gasteiger partial charge on any atom is -0.271 e. The van der Waals surface area contributed by atoms with Crippen LogP contribution in [0.1, 0.15) is 0 Å². The Hall–Kier alpha value is 0.110. The summed E-state index contributed by atoms with van der Waals surface area (Å²) in [5.41, 5.74) is 5.05. The van der Waals surface area contributed by atoms with Gasteiger partial charge < -0.3 is 0 Å². The van der Waals surface area contributed by atoms with Gasteiger partial charge in [0.2, 0.25) is 0 Å². The first-order valence-corrected chi connectivity index (χ1v) is 3.66. The van der Waals surface area contributed by atoms with Gasteiger partial charge in [-0.25, -0.2) is 10.2 Å². The van der Waals surface area contributed by atoms with E-state index in [9.17, 15) is 4.57 Å². The van der Waals surface area contributed by atoms with E-state index in [4.69, 9.17) is 5.50 Å². The highest BCUT2D eigenvalue weighted by Gasteiger charge is 2.04. The minimum atomic E-state index is -2.65.